The Balaban J connectivity index is 3.21. The van der Waals surface area contributed by atoms with E-state index < -0.39 is 0 Å². The highest BCUT2D eigenvalue weighted by molar-refractivity contribution is 7.80. The van der Waals surface area contributed by atoms with Crippen molar-refractivity contribution in [3.63, 3.8) is 0 Å². The summed E-state index contributed by atoms with van der Waals surface area (Å²) in [6, 6.07) is 0. The molecule has 6 N–H and O–H groups in total. The van der Waals surface area contributed by atoms with Crippen LogP contribution in [-0.2, 0) is 0 Å². The van der Waals surface area contributed by atoms with Crippen LogP contribution in [0.15, 0.2) is 0 Å². The molecule has 0 aliphatic heterocycles. The summed E-state index contributed by atoms with van der Waals surface area (Å²) in [7, 11) is 0. The van der Waals surface area contributed by atoms with Crippen LogP contribution < -0.4 is 22.1 Å². The highest BCUT2D eigenvalue weighted by atomic mass is 32.1. The summed E-state index contributed by atoms with van der Waals surface area (Å²) in [5.41, 5.74) is 10.5. The third-order valence-corrected chi connectivity index (χ3v) is 1.76. The van der Waals surface area contributed by atoms with Crippen molar-refractivity contribution in [2.45, 2.75) is 0 Å². The number of hydrogen-bond acceptors (Lipinski definition) is 4. The second-order valence-electron chi connectivity index (χ2n) is 2.11. The van der Waals surface area contributed by atoms with Gasteiger partial charge in [-0.25, -0.2) is 0 Å². The molecule has 0 saturated carbocycles. The molecular weight excluding hydrogens is 192 g/mol. The quantitative estimate of drug-likeness (QED) is 0.332. The Kier molecular flexibility index (Phi) is 7.17. The molecule has 0 amide bonds. The average molecular weight is 206 g/mol. The highest BCUT2D eigenvalue weighted by Gasteiger charge is 1.92. The molecule has 0 spiro atoms. The van der Waals surface area contributed by atoms with Gasteiger partial charge in [-0.3, -0.25) is 0 Å². The minimum absolute atomic E-state index is 0.386. The van der Waals surface area contributed by atoms with Crippen LogP contribution in [0.1, 0.15) is 0 Å². The van der Waals surface area contributed by atoms with Gasteiger partial charge >= 0.3 is 0 Å². The average Bonchev–Trinajstić information content (AvgIpc) is 2.11. The van der Waals surface area contributed by atoms with Crippen molar-refractivity contribution < 1.29 is 0 Å². The lowest BCUT2D eigenvalue weighted by atomic mass is 10.5. The first-order valence-corrected chi connectivity index (χ1v) is 4.46. The minimum atomic E-state index is 0.386. The summed E-state index contributed by atoms with van der Waals surface area (Å²) >= 11 is 9.68. The number of nitrogens with one attached hydrogen (secondary N) is 2. The lowest BCUT2D eigenvalue weighted by molar-refractivity contribution is 0.812. The van der Waals surface area contributed by atoms with Crippen molar-refractivity contribution in [2.24, 2.45) is 11.5 Å². The first-order chi connectivity index (χ1) is 5.70. The van der Waals surface area contributed by atoms with Crippen molar-refractivity contribution in [3.8, 4) is 0 Å². The molecule has 0 aromatic carbocycles. The Morgan fingerprint density at radius 3 is 1.50 bits per heavy atom. The Morgan fingerprint density at radius 1 is 0.917 bits per heavy atom. The maximum Gasteiger partial charge on any atom is 0.0892 e. The summed E-state index contributed by atoms with van der Waals surface area (Å²) in [6.45, 7) is 2.21. The predicted octanol–water partition coefficient (Wildman–Crippen LogP) is -1.26. The van der Waals surface area contributed by atoms with E-state index in [1.54, 1.807) is 0 Å². The molecule has 0 atom stereocenters. The van der Waals surface area contributed by atoms with Crippen LogP contribution in [-0.4, -0.2) is 36.2 Å². The number of hydrogen-bond donors (Lipinski definition) is 4. The van der Waals surface area contributed by atoms with Crippen molar-refractivity contribution in [1.82, 2.24) is 10.6 Å². The van der Waals surface area contributed by atoms with E-state index in [-0.39, 0.29) is 0 Å². The third-order valence-electron chi connectivity index (χ3n) is 1.14. The van der Waals surface area contributed by atoms with Gasteiger partial charge in [-0.2, -0.15) is 0 Å². The largest absolute Gasteiger partial charge is 0.377 e. The molecule has 4 nitrogen and oxygen atoms in total. The van der Waals surface area contributed by atoms with E-state index in [2.05, 4.69) is 10.6 Å². The van der Waals surface area contributed by atoms with Crippen LogP contribution >= 0.6 is 24.4 Å². The van der Waals surface area contributed by atoms with Gasteiger partial charge in [0.15, 0.2) is 0 Å². The zero-order valence-corrected chi connectivity index (χ0v) is 8.43. The van der Waals surface area contributed by atoms with Gasteiger partial charge in [0.2, 0.25) is 0 Å². The summed E-state index contributed by atoms with van der Waals surface area (Å²) in [5.74, 6) is 0. The second kappa shape index (κ2) is 7.35. The van der Waals surface area contributed by atoms with Gasteiger partial charge in [0.1, 0.15) is 0 Å². The van der Waals surface area contributed by atoms with Gasteiger partial charge in [0.05, 0.1) is 9.98 Å². The molecule has 70 valence electrons. The molecule has 0 aliphatic rings. The standard InChI is InChI=1S/C6H14N4S2/c7-3-5(11)9-1-2-10-6(12)4-8/h1-4,7-8H2,(H,9,11)(H,10,12). The van der Waals surface area contributed by atoms with Crippen LogP contribution in [0.2, 0.25) is 0 Å². The molecule has 0 fully saturated rings. The molecule has 0 radical (unpaired) electrons. The Labute approximate surface area is 83.1 Å². The molecule has 0 saturated heterocycles. The maximum absolute atomic E-state index is 5.27. The first kappa shape index (κ1) is 11.7. The number of thiocarbonyl (C=S) groups is 2. The number of nitrogens with two attached hydrogens (primary N) is 2. The maximum atomic E-state index is 5.27. The van der Waals surface area contributed by atoms with Crippen molar-refractivity contribution in [1.29, 1.82) is 0 Å². The Bertz CT molecular complexity index is 142. The summed E-state index contributed by atoms with van der Waals surface area (Å²) in [6.07, 6.45) is 0. The van der Waals surface area contributed by atoms with Crippen molar-refractivity contribution in [3.05, 3.63) is 0 Å². The van der Waals surface area contributed by atoms with Gasteiger partial charge in [-0.05, 0) is 0 Å². The summed E-state index contributed by atoms with van der Waals surface area (Å²) in [5, 5.41) is 5.91. The smallest absolute Gasteiger partial charge is 0.0892 e. The summed E-state index contributed by atoms with van der Waals surface area (Å²) in [4.78, 5) is 1.32. The first-order valence-electron chi connectivity index (χ1n) is 3.64. The molecule has 6 heteroatoms. The fourth-order valence-corrected chi connectivity index (χ4v) is 0.752. The van der Waals surface area contributed by atoms with E-state index in [4.69, 9.17) is 35.9 Å². The van der Waals surface area contributed by atoms with Crippen LogP contribution in [0.25, 0.3) is 0 Å². The fraction of sp³-hybridized carbons (Fsp3) is 0.667. The zero-order chi connectivity index (χ0) is 9.40. The predicted molar refractivity (Wildman–Crippen MR) is 59.3 cm³/mol. The van der Waals surface area contributed by atoms with Crippen LogP contribution in [0, 0.1) is 0 Å². The minimum Gasteiger partial charge on any atom is -0.377 e. The molecule has 0 heterocycles. The Hall–Kier alpha value is -0.300. The number of rotatable bonds is 5. The topological polar surface area (TPSA) is 76.1 Å². The Morgan fingerprint density at radius 2 is 1.25 bits per heavy atom. The summed E-state index contributed by atoms with van der Waals surface area (Å²) < 4.78 is 0. The fourth-order valence-electron chi connectivity index (χ4n) is 0.548. The van der Waals surface area contributed by atoms with Crippen LogP contribution in [0.3, 0.4) is 0 Å². The van der Waals surface area contributed by atoms with Crippen LogP contribution in [0.5, 0.6) is 0 Å². The van der Waals surface area contributed by atoms with Crippen molar-refractivity contribution in [2.75, 3.05) is 26.2 Å². The molecule has 0 aromatic rings. The highest BCUT2D eigenvalue weighted by Crippen LogP contribution is 1.68. The van der Waals surface area contributed by atoms with Crippen LogP contribution in [0.4, 0.5) is 0 Å². The molecule has 12 heavy (non-hydrogen) atoms. The molecule has 0 bridgehead atoms. The zero-order valence-electron chi connectivity index (χ0n) is 6.80. The molecule has 0 rings (SSSR count). The molecular formula is C6H14N4S2. The van der Waals surface area contributed by atoms with Gasteiger partial charge in [-0.15, -0.1) is 0 Å². The van der Waals surface area contributed by atoms with E-state index in [0.29, 0.717) is 23.1 Å². The normalized spacial score (nSPS) is 9.17. The third kappa shape index (κ3) is 6.41. The van der Waals surface area contributed by atoms with E-state index in [9.17, 15) is 0 Å². The van der Waals surface area contributed by atoms with Gasteiger partial charge < -0.3 is 22.1 Å². The van der Waals surface area contributed by atoms with E-state index in [1.807, 2.05) is 0 Å². The van der Waals surface area contributed by atoms with E-state index in [1.165, 1.54) is 0 Å². The van der Waals surface area contributed by atoms with Gasteiger partial charge in [0, 0.05) is 26.2 Å². The van der Waals surface area contributed by atoms with Crippen molar-refractivity contribution >= 4 is 34.4 Å². The molecule has 0 unspecified atom stereocenters. The van der Waals surface area contributed by atoms with Gasteiger partial charge in [-0.1, -0.05) is 24.4 Å². The molecule has 0 aromatic heterocycles. The molecule has 0 aliphatic carbocycles. The monoisotopic (exact) mass is 206 g/mol. The van der Waals surface area contributed by atoms with Gasteiger partial charge in [0.25, 0.3) is 0 Å². The van der Waals surface area contributed by atoms with E-state index in [0.717, 1.165) is 13.1 Å². The lowest BCUT2D eigenvalue weighted by Crippen LogP contribution is -2.37. The second-order valence-corrected chi connectivity index (χ2v) is 3.09. The lowest BCUT2D eigenvalue weighted by Gasteiger charge is -2.07. The van der Waals surface area contributed by atoms with E-state index >= 15 is 0 Å². The SMILES string of the molecule is NCC(=S)NCCNC(=S)CN.